The summed E-state index contributed by atoms with van der Waals surface area (Å²) in [7, 11) is 0. The Labute approximate surface area is 161 Å². The van der Waals surface area contributed by atoms with E-state index in [1.807, 2.05) is 26.0 Å². The summed E-state index contributed by atoms with van der Waals surface area (Å²) >= 11 is 0. The molecular weight excluding hydrogens is 447 g/mol. The smallest absolute Gasteiger partial charge is 0.391 e. The Bertz CT molecular complexity index is 230. The molecule has 16 heavy (non-hydrogen) atoms. The van der Waals surface area contributed by atoms with Crippen LogP contribution in [-0.4, -0.2) is 16.2 Å². The van der Waals surface area contributed by atoms with Gasteiger partial charge in [-0.15, -0.1) is 13.8 Å². The maximum atomic E-state index is 10.2. The van der Waals surface area contributed by atoms with Gasteiger partial charge in [0.05, 0.1) is 0 Å². The molecule has 84 valence electrons. The molecule has 0 unspecified atom stereocenters. The number of amides is 1. The molecule has 0 aliphatic rings. The third-order valence-corrected chi connectivity index (χ3v) is 0.990. The van der Waals surface area contributed by atoms with Crippen molar-refractivity contribution in [2.75, 3.05) is 0 Å². The van der Waals surface area contributed by atoms with E-state index in [-0.39, 0.29) is 79.3 Å². The van der Waals surface area contributed by atoms with Crippen LogP contribution >= 0.6 is 0 Å². The number of carbonyl (C=O) groups excluding carboxylic acids is 1. The van der Waals surface area contributed by atoms with Crippen molar-refractivity contribution in [2.24, 2.45) is 0 Å². The average molecular weight is 463 g/mol. The zero-order valence-corrected chi connectivity index (χ0v) is 17.8. The minimum atomic E-state index is -0.583. The van der Waals surface area contributed by atoms with Crippen molar-refractivity contribution in [1.82, 2.24) is 5.06 Å². The van der Waals surface area contributed by atoms with Crippen LogP contribution in [-0.2, 0) is 25.9 Å². The Morgan fingerprint density at radius 3 is 1.75 bits per heavy atom. The number of hydrogen-bond donors (Lipinski definition) is 1. The van der Waals surface area contributed by atoms with Crippen molar-refractivity contribution in [3.05, 3.63) is 49.7 Å². The van der Waals surface area contributed by atoms with Crippen molar-refractivity contribution < 1.29 is 89.3 Å². The number of hydroxylamine groups is 2. The fourth-order valence-electron chi connectivity index (χ4n) is 0.350. The first-order valence-corrected chi connectivity index (χ1v) is 3.90. The topological polar surface area (TPSA) is 40.5 Å². The first kappa shape index (κ1) is 25.7. The molecule has 0 aliphatic carbocycles. The Morgan fingerprint density at radius 2 is 1.62 bits per heavy atom. The van der Waals surface area contributed by atoms with Crippen LogP contribution in [0, 0.1) is 12.2 Å². The monoisotopic (exact) mass is 462 g/mol. The van der Waals surface area contributed by atoms with E-state index >= 15 is 0 Å². The van der Waals surface area contributed by atoms with Crippen LogP contribution in [0.5, 0.6) is 0 Å². The number of hydrogen-bond acceptors (Lipinski definition) is 2. The van der Waals surface area contributed by atoms with Gasteiger partial charge in [0, 0.05) is 27.3 Å². The molecule has 1 amide bonds. The molecule has 5 heteroatoms. The average Bonchev–Trinajstić information content (AvgIpc) is 2.24. The molecule has 0 bridgehead atoms. The Hall–Kier alpha value is 0.884. The zero-order chi connectivity index (χ0) is 11.4. The summed E-state index contributed by atoms with van der Waals surface area (Å²) in [5.41, 5.74) is 0. The van der Waals surface area contributed by atoms with E-state index < -0.39 is 5.91 Å². The van der Waals surface area contributed by atoms with E-state index in [0.29, 0.717) is 5.06 Å². The van der Waals surface area contributed by atoms with Gasteiger partial charge in [-0.05, 0) is 6.08 Å². The second-order valence-corrected chi connectivity index (χ2v) is 1.98. The van der Waals surface area contributed by atoms with Crippen LogP contribution in [0.2, 0.25) is 0 Å². The van der Waals surface area contributed by atoms with E-state index in [2.05, 4.69) is 25.3 Å². The van der Waals surface area contributed by atoms with Gasteiger partial charge in [0.1, 0.15) is 0 Å². The largest absolute Gasteiger partial charge is 1.00 e. The van der Waals surface area contributed by atoms with Crippen LogP contribution in [0.15, 0.2) is 37.6 Å². The fourth-order valence-corrected chi connectivity index (χ4v) is 0.350. The number of allylic oxidation sites excluding steroid dienone is 4. The molecule has 0 fully saturated rings. The second-order valence-electron chi connectivity index (χ2n) is 1.98. The van der Waals surface area contributed by atoms with E-state index in [0.717, 1.165) is 12.3 Å². The summed E-state index contributed by atoms with van der Waals surface area (Å²) < 4.78 is 0. The summed E-state index contributed by atoms with van der Waals surface area (Å²) in [5.74, 6) is -0.583. The number of rotatable bonds is 3. The van der Waals surface area contributed by atoms with E-state index in [1.54, 1.807) is 0 Å². The minimum absolute atomic E-state index is 0. The van der Waals surface area contributed by atoms with Crippen LogP contribution in [0.4, 0.5) is 0 Å². The summed E-state index contributed by atoms with van der Waals surface area (Å²) in [6.07, 6.45) is 11.3. The Morgan fingerprint density at radius 1 is 1.25 bits per heavy atom. The second kappa shape index (κ2) is 21.2. The molecule has 3 nitrogen and oxygen atoms in total. The molecule has 0 rings (SSSR count). The predicted molar refractivity (Wildman–Crippen MR) is 56.0 cm³/mol. The van der Waals surface area contributed by atoms with Crippen molar-refractivity contribution in [3.8, 4) is 0 Å². The first-order chi connectivity index (χ1) is 6.63. The summed E-state index contributed by atoms with van der Waals surface area (Å²) in [4.78, 5) is 10.2. The zero-order valence-electron chi connectivity index (χ0n) is 9.93. The van der Waals surface area contributed by atoms with Crippen molar-refractivity contribution >= 4 is 5.91 Å². The van der Waals surface area contributed by atoms with Crippen LogP contribution < -0.4 is 58.2 Å². The van der Waals surface area contributed by atoms with E-state index in [4.69, 9.17) is 5.21 Å². The molecule has 0 aromatic heterocycles. The standard InChI is InChI=1S/C6H8.C5H7NO2.Rb.W/c1-3-5-6-4-2;1-3-5(7)6(8)4-2;;/h5-6H,1-2H3;3-4,8H,1-2H2;;/q-2;;+1;. The van der Waals surface area contributed by atoms with Crippen molar-refractivity contribution in [3.63, 3.8) is 0 Å². The van der Waals surface area contributed by atoms with Gasteiger partial charge in [0.2, 0.25) is 0 Å². The third-order valence-electron chi connectivity index (χ3n) is 0.990. The van der Waals surface area contributed by atoms with Gasteiger partial charge in [0.15, 0.2) is 0 Å². The van der Waals surface area contributed by atoms with Gasteiger partial charge < -0.3 is 24.3 Å². The van der Waals surface area contributed by atoms with Gasteiger partial charge in [-0.25, -0.2) is 0 Å². The maximum Gasteiger partial charge on any atom is 1.00 e. The minimum Gasteiger partial charge on any atom is -0.391 e. The third kappa shape index (κ3) is 20.3. The molecule has 0 saturated carbocycles. The molecule has 0 saturated heterocycles. The van der Waals surface area contributed by atoms with Gasteiger partial charge in [-0.1, -0.05) is 13.2 Å². The normalized spacial score (nSPS) is 8.19. The molecule has 0 atom stereocenters. The van der Waals surface area contributed by atoms with Crippen molar-refractivity contribution in [1.29, 1.82) is 0 Å². The van der Waals surface area contributed by atoms with Crippen LogP contribution in [0.25, 0.3) is 0 Å². The first-order valence-electron chi connectivity index (χ1n) is 3.90. The number of carbonyl (C=O) groups is 1. The Kier molecular flexibility index (Phi) is 34.0. The maximum absolute atomic E-state index is 10.2. The van der Waals surface area contributed by atoms with E-state index in [1.165, 1.54) is 0 Å². The molecular formula is C11H15NO2RbW-. The van der Waals surface area contributed by atoms with E-state index in [9.17, 15) is 4.79 Å². The van der Waals surface area contributed by atoms with Gasteiger partial charge in [-0.2, -0.15) is 5.06 Å². The SMILES string of the molecule is C=CC(=O)N(O)C=C.C[C-]=CC=[C-]C.[Rb+].[W]. The van der Waals surface area contributed by atoms with Crippen molar-refractivity contribution in [2.45, 2.75) is 13.8 Å². The van der Waals surface area contributed by atoms with Gasteiger partial charge >= 0.3 is 58.2 Å². The summed E-state index contributed by atoms with van der Waals surface area (Å²) in [6.45, 7) is 9.98. The van der Waals surface area contributed by atoms with Crippen LogP contribution in [0.1, 0.15) is 13.8 Å². The molecule has 0 aromatic carbocycles. The van der Waals surface area contributed by atoms with Gasteiger partial charge in [0.25, 0.3) is 5.91 Å². The molecule has 0 aromatic rings. The fraction of sp³-hybridized carbons (Fsp3) is 0.182. The molecule has 0 radical (unpaired) electrons. The summed E-state index contributed by atoms with van der Waals surface area (Å²) in [5, 5.41) is 8.78. The number of nitrogens with zero attached hydrogens (tertiary/aromatic N) is 1. The summed E-state index contributed by atoms with van der Waals surface area (Å²) in [6, 6.07) is 0. The predicted octanol–water partition coefficient (Wildman–Crippen LogP) is -0.720. The molecule has 0 heterocycles. The molecule has 0 aliphatic heterocycles. The molecule has 1 N–H and O–H groups in total. The van der Waals surface area contributed by atoms with Gasteiger partial charge in [-0.3, -0.25) is 10.0 Å². The Balaban J connectivity index is -0.0000000825. The van der Waals surface area contributed by atoms with Crippen LogP contribution in [0.3, 0.4) is 0 Å². The quantitative estimate of drug-likeness (QED) is 0.198. The molecule has 0 spiro atoms.